The van der Waals surface area contributed by atoms with Crippen molar-refractivity contribution in [2.24, 2.45) is 4.99 Å². The van der Waals surface area contributed by atoms with Crippen LogP contribution in [0.5, 0.6) is 0 Å². The lowest BCUT2D eigenvalue weighted by molar-refractivity contribution is 0.0999. The van der Waals surface area contributed by atoms with Gasteiger partial charge >= 0.3 is 0 Å². The molecule has 0 N–H and O–H groups in total. The third-order valence-corrected chi connectivity index (χ3v) is 3.72. The van der Waals surface area contributed by atoms with Gasteiger partial charge in [0.15, 0.2) is 0 Å². The van der Waals surface area contributed by atoms with Gasteiger partial charge in [-0.25, -0.2) is 0 Å². The van der Waals surface area contributed by atoms with Crippen molar-refractivity contribution < 1.29 is 9.53 Å². The number of aliphatic imine (C=N–C) groups is 1. The summed E-state index contributed by atoms with van der Waals surface area (Å²) in [5.74, 6) is 0.00628. The van der Waals surface area contributed by atoms with Gasteiger partial charge in [-0.3, -0.25) is 4.79 Å². The maximum absolute atomic E-state index is 12.2. The molecule has 108 valence electrons. The predicted octanol–water partition coefficient (Wildman–Crippen LogP) is 4.84. The summed E-state index contributed by atoms with van der Waals surface area (Å²) in [4.78, 5) is 16.3. The highest BCUT2D eigenvalue weighted by atomic mass is 79.9. The standard InChI is InChI=1S/C16H13Br2NO2/c1-2-21-16(12-5-9-14(18)10-6-12)19-15(20)11-3-7-13(17)8-4-11/h3-10H,2H2,1H3. The van der Waals surface area contributed by atoms with Gasteiger partial charge in [0.1, 0.15) is 0 Å². The quantitative estimate of drug-likeness (QED) is 0.536. The topological polar surface area (TPSA) is 38.7 Å². The molecule has 0 aliphatic carbocycles. The third kappa shape index (κ3) is 4.51. The number of benzene rings is 2. The number of ether oxygens (including phenoxy) is 1. The van der Waals surface area contributed by atoms with Crippen LogP contribution in [0.15, 0.2) is 62.5 Å². The van der Waals surface area contributed by atoms with E-state index in [2.05, 4.69) is 36.9 Å². The average molecular weight is 411 g/mol. The van der Waals surface area contributed by atoms with Gasteiger partial charge in [0, 0.05) is 20.1 Å². The van der Waals surface area contributed by atoms with Crippen molar-refractivity contribution in [3.63, 3.8) is 0 Å². The molecule has 2 rings (SSSR count). The summed E-state index contributed by atoms with van der Waals surface area (Å²) in [5.41, 5.74) is 1.29. The summed E-state index contributed by atoms with van der Waals surface area (Å²) in [5, 5.41) is 0. The highest BCUT2D eigenvalue weighted by Gasteiger charge is 2.10. The molecule has 0 unspecified atom stereocenters. The van der Waals surface area contributed by atoms with Gasteiger partial charge in [0.25, 0.3) is 5.91 Å². The fraction of sp³-hybridized carbons (Fsp3) is 0.125. The van der Waals surface area contributed by atoms with E-state index >= 15 is 0 Å². The Morgan fingerprint density at radius 2 is 1.43 bits per heavy atom. The molecule has 2 aromatic carbocycles. The first-order valence-corrected chi connectivity index (χ1v) is 7.96. The van der Waals surface area contributed by atoms with Crippen LogP contribution in [0.25, 0.3) is 0 Å². The molecule has 3 nitrogen and oxygen atoms in total. The Kier molecular flexibility index (Phi) is 5.70. The van der Waals surface area contributed by atoms with Crippen molar-refractivity contribution in [1.29, 1.82) is 0 Å². The van der Waals surface area contributed by atoms with E-state index in [-0.39, 0.29) is 5.91 Å². The zero-order chi connectivity index (χ0) is 15.2. The van der Waals surface area contributed by atoms with E-state index in [1.165, 1.54) is 0 Å². The number of rotatable bonds is 3. The highest BCUT2D eigenvalue weighted by Crippen LogP contribution is 2.14. The highest BCUT2D eigenvalue weighted by molar-refractivity contribution is 9.10. The zero-order valence-electron chi connectivity index (χ0n) is 11.3. The van der Waals surface area contributed by atoms with Crippen LogP contribution in [0.1, 0.15) is 22.8 Å². The van der Waals surface area contributed by atoms with Crippen molar-refractivity contribution in [2.75, 3.05) is 6.61 Å². The first-order chi connectivity index (χ1) is 10.1. The van der Waals surface area contributed by atoms with Crippen LogP contribution in [-0.4, -0.2) is 18.4 Å². The molecule has 2 aromatic rings. The second-order valence-corrected chi connectivity index (χ2v) is 6.00. The van der Waals surface area contributed by atoms with Crippen LogP contribution >= 0.6 is 31.9 Å². The Labute approximate surface area is 140 Å². The normalized spacial score (nSPS) is 11.3. The molecule has 0 spiro atoms. The third-order valence-electron chi connectivity index (χ3n) is 2.67. The van der Waals surface area contributed by atoms with Crippen LogP contribution in [-0.2, 0) is 4.74 Å². The van der Waals surface area contributed by atoms with Gasteiger partial charge < -0.3 is 4.74 Å². The summed E-state index contributed by atoms with van der Waals surface area (Å²) in [6.45, 7) is 2.31. The van der Waals surface area contributed by atoms with Gasteiger partial charge in [-0.2, -0.15) is 4.99 Å². The molecule has 0 saturated carbocycles. The first-order valence-electron chi connectivity index (χ1n) is 6.37. The Balaban J connectivity index is 2.30. The van der Waals surface area contributed by atoms with Crippen molar-refractivity contribution in [3.05, 3.63) is 68.6 Å². The molecular formula is C16H13Br2NO2. The molecule has 0 aliphatic rings. The van der Waals surface area contributed by atoms with Gasteiger partial charge in [-0.1, -0.05) is 31.9 Å². The summed E-state index contributed by atoms with van der Waals surface area (Å²) >= 11 is 6.71. The molecule has 21 heavy (non-hydrogen) atoms. The molecule has 0 aliphatic heterocycles. The minimum Gasteiger partial charge on any atom is -0.477 e. The molecule has 0 fully saturated rings. The number of carbonyl (C=O) groups excluding carboxylic acids is 1. The summed E-state index contributed by atoms with van der Waals surface area (Å²) in [6, 6.07) is 14.5. The summed E-state index contributed by atoms with van der Waals surface area (Å²) in [7, 11) is 0. The van der Waals surface area contributed by atoms with Crippen molar-refractivity contribution in [1.82, 2.24) is 0 Å². The fourth-order valence-corrected chi connectivity index (χ4v) is 2.19. The van der Waals surface area contributed by atoms with Crippen molar-refractivity contribution in [2.45, 2.75) is 6.92 Å². The van der Waals surface area contributed by atoms with E-state index in [1.807, 2.05) is 43.3 Å². The molecule has 0 aromatic heterocycles. The second-order valence-electron chi connectivity index (χ2n) is 4.17. The first kappa shape index (κ1) is 15.9. The Morgan fingerprint density at radius 3 is 1.90 bits per heavy atom. The molecule has 0 radical (unpaired) electrons. The SMILES string of the molecule is CCOC(=NC(=O)c1ccc(Br)cc1)c1ccc(Br)cc1. The Bertz CT molecular complexity index is 649. The average Bonchev–Trinajstić information content (AvgIpc) is 2.48. The second kappa shape index (κ2) is 7.52. The lowest BCUT2D eigenvalue weighted by atomic mass is 10.2. The monoisotopic (exact) mass is 409 g/mol. The molecule has 0 bridgehead atoms. The van der Waals surface area contributed by atoms with E-state index in [0.717, 1.165) is 14.5 Å². The van der Waals surface area contributed by atoms with Gasteiger partial charge in [-0.15, -0.1) is 0 Å². The van der Waals surface area contributed by atoms with E-state index in [9.17, 15) is 4.79 Å². The minimum atomic E-state index is -0.325. The minimum absolute atomic E-state index is 0.325. The molecule has 0 saturated heterocycles. The molecule has 0 heterocycles. The van der Waals surface area contributed by atoms with Crippen LogP contribution in [0, 0.1) is 0 Å². The number of amides is 1. The Morgan fingerprint density at radius 1 is 0.952 bits per heavy atom. The van der Waals surface area contributed by atoms with E-state index < -0.39 is 0 Å². The maximum atomic E-state index is 12.2. The van der Waals surface area contributed by atoms with E-state index in [0.29, 0.717) is 18.1 Å². The van der Waals surface area contributed by atoms with Crippen LogP contribution < -0.4 is 0 Å². The van der Waals surface area contributed by atoms with Crippen LogP contribution in [0.3, 0.4) is 0 Å². The van der Waals surface area contributed by atoms with Crippen molar-refractivity contribution >= 4 is 43.7 Å². The number of nitrogens with zero attached hydrogens (tertiary/aromatic N) is 1. The summed E-state index contributed by atoms with van der Waals surface area (Å²) < 4.78 is 7.37. The van der Waals surface area contributed by atoms with Crippen LogP contribution in [0.4, 0.5) is 0 Å². The zero-order valence-corrected chi connectivity index (χ0v) is 14.5. The van der Waals surface area contributed by atoms with E-state index in [4.69, 9.17) is 4.74 Å². The number of hydrogen-bond donors (Lipinski definition) is 0. The fourth-order valence-electron chi connectivity index (χ4n) is 1.66. The smallest absolute Gasteiger partial charge is 0.280 e. The van der Waals surface area contributed by atoms with Gasteiger partial charge in [0.2, 0.25) is 5.90 Å². The Hall–Kier alpha value is -1.46. The lowest BCUT2D eigenvalue weighted by Gasteiger charge is -2.07. The molecule has 0 atom stereocenters. The molecular weight excluding hydrogens is 398 g/mol. The maximum Gasteiger partial charge on any atom is 0.280 e. The van der Waals surface area contributed by atoms with Crippen LogP contribution in [0.2, 0.25) is 0 Å². The molecule has 5 heteroatoms. The largest absolute Gasteiger partial charge is 0.477 e. The number of carbonyl (C=O) groups is 1. The number of hydrogen-bond acceptors (Lipinski definition) is 2. The summed E-state index contributed by atoms with van der Waals surface area (Å²) in [6.07, 6.45) is 0. The molecule has 1 amide bonds. The van der Waals surface area contributed by atoms with E-state index in [1.54, 1.807) is 12.1 Å². The van der Waals surface area contributed by atoms with Gasteiger partial charge in [-0.05, 0) is 55.5 Å². The number of halogens is 2. The van der Waals surface area contributed by atoms with Gasteiger partial charge in [0.05, 0.1) is 6.61 Å². The lowest BCUT2D eigenvalue weighted by Crippen LogP contribution is -2.10. The van der Waals surface area contributed by atoms with Crippen molar-refractivity contribution in [3.8, 4) is 0 Å². The predicted molar refractivity (Wildman–Crippen MR) is 90.8 cm³/mol.